The molecule has 1 N–H and O–H groups in total. The van der Waals surface area contributed by atoms with E-state index in [9.17, 15) is 44.6 Å². The fourth-order valence-corrected chi connectivity index (χ4v) is 8.97. The molecule has 1 aliphatic heterocycles. The normalized spacial score (nSPS) is 11.0. The van der Waals surface area contributed by atoms with Crippen LogP contribution in [0.4, 0.5) is 34.1 Å². The summed E-state index contributed by atoms with van der Waals surface area (Å²) in [5.41, 5.74) is 5.15. The van der Waals surface area contributed by atoms with Crippen molar-refractivity contribution in [3.8, 4) is 39.6 Å². The van der Waals surface area contributed by atoms with Gasteiger partial charge in [0, 0.05) is 76.5 Å². The molecule has 0 saturated heterocycles. The maximum Gasteiger partial charge on any atom is 3.00 e. The number of azo groups is 2. The summed E-state index contributed by atoms with van der Waals surface area (Å²) in [7, 11) is 0. The van der Waals surface area contributed by atoms with Gasteiger partial charge in [-0.25, -0.2) is 9.37 Å². The molecule has 0 unspecified atom stereocenters. The first-order valence-electron chi connectivity index (χ1n) is 26.0. The van der Waals surface area contributed by atoms with Gasteiger partial charge in [0.2, 0.25) is 5.36 Å². The van der Waals surface area contributed by atoms with Crippen LogP contribution in [-0.2, 0) is 17.4 Å². The molecule has 10 rings (SSSR count). The summed E-state index contributed by atoms with van der Waals surface area (Å²) in [6.45, 7) is 15.4. The van der Waals surface area contributed by atoms with Crippen molar-refractivity contribution in [1.29, 1.82) is 0 Å². The molecule has 1 aliphatic carbocycles. The van der Waals surface area contributed by atoms with Gasteiger partial charge in [-0.15, -0.1) is 26.7 Å². The van der Waals surface area contributed by atoms with E-state index in [4.69, 9.17) is 4.42 Å². The number of para-hydroxylation sites is 2. The molecule has 2 aromatic heterocycles. The maximum absolute atomic E-state index is 12.4. The molecule has 83 heavy (non-hydrogen) atoms. The van der Waals surface area contributed by atoms with Crippen LogP contribution in [0, 0.1) is 24.0 Å². The first-order valence-corrected chi connectivity index (χ1v) is 26.0. The number of non-ortho nitro benzene ring substituents is 1. The van der Waals surface area contributed by atoms with Crippen LogP contribution in [0.5, 0.6) is 5.75 Å². The second kappa shape index (κ2) is 27.2. The number of aryl methyl sites for hydroxylation is 2. The summed E-state index contributed by atoms with van der Waals surface area (Å²) in [6.07, 6.45) is 0. The zero-order valence-corrected chi connectivity index (χ0v) is 47.1. The average molecular weight is 1150 g/mol. The van der Waals surface area contributed by atoms with Gasteiger partial charge in [0.25, 0.3) is 16.8 Å². The molecule has 8 aromatic rings. The minimum atomic E-state index is -1.36. The molecule has 21 nitrogen and oxygen atoms in total. The van der Waals surface area contributed by atoms with Crippen LogP contribution in [0.1, 0.15) is 59.8 Å². The van der Waals surface area contributed by atoms with Gasteiger partial charge >= 0.3 is 23.3 Å². The van der Waals surface area contributed by atoms with Gasteiger partial charge in [-0.2, -0.15) is 5.11 Å². The van der Waals surface area contributed by atoms with Crippen LogP contribution in [0.3, 0.4) is 0 Å². The van der Waals surface area contributed by atoms with Crippen molar-refractivity contribution < 1.29 is 51.6 Å². The third kappa shape index (κ3) is 13.5. The molecule has 0 bridgehead atoms. The second-order valence-electron chi connectivity index (χ2n) is 18.1. The number of nitrogens with zero attached hydrogens (tertiary/aromatic N) is 11. The Labute approximate surface area is 485 Å². The molecule has 2 aliphatic rings. The van der Waals surface area contributed by atoms with E-state index in [2.05, 4.69) is 104 Å². The number of aromatic carboxylic acids is 2. The molecule has 3 heterocycles. The fourth-order valence-electron chi connectivity index (χ4n) is 8.97. The van der Waals surface area contributed by atoms with Crippen molar-refractivity contribution in [2.45, 2.75) is 41.5 Å². The topological polar surface area (TPSA) is 285 Å². The number of hydrogen-bond acceptors (Lipinski definition) is 14. The molecule has 0 atom stereocenters. The van der Waals surface area contributed by atoms with Gasteiger partial charge < -0.3 is 49.0 Å². The van der Waals surface area contributed by atoms with E-state index in [0.717, 1.165) is 83.3 Å². The van der Waals surface area contributed by atoms with Gasteiger partial charge in [-0.1, -0.05) is 98.5 Å². The Morgan fingerprint density at radius 3 is 1.72 bits per heavy atom. The number of rotatable bonds is 15. The van der Waals surface area contributed by atoms with Crippen LogP contribution in [0.15, 0.2) is 198 Å². The summed E-state index contributed by atoms with van der Waals surface area (Å²) in [5, 5.41) is 69.0. The van der Waals surface area contributed by atoms with Gasteiger partial charge in [0.05, 0.1) is 33.9 Å². The minimum absolute atomic E-state index is 0. The average Bonchev–Trinajstić information content (AvgIpc) is 3.11. The second-order valence-corrected chi connectivity index (χ2v) is 18.1. The zero-order valence-electron chi connectivity index (χ0n) is 45.9. The molecule has 22 heteroatoms. The number of nitro groups is 1. The Morgan fingerprint density at radius 2 is 1.18 bits per heavy atom. The van der Waals surface area contributed by atoms with Crippen molar-refractivity contribution in [2.75, 3.05) is 31.1 Å². The monoisotopic (exact) mass is 1150 g/mol. The van der Waals surface area contributed by atoms with Crippen LogP contribution in [0.25, 0.3) is 44.8 Å². The van der Waals surface area contributed by atoms with Crippen LogP contribution >= 0.6 is 0 Å². The number of nitro benzene ring substituents is 1. The molecule has 6 aromatic carbocycles. The van der Waals surface area contributed by atoms with Crippen molar-refractivity contribution >= 4 is 57.0 Å². The van der Waals surface area contributed by atoms with Crippen molar-refractivity contribution in [3.05, 3.63) is 222 Å². The summed E-state index contributed by atoms with van der Waals surface area (Å²) < 4.78 is 11.1. The number of hydrogen-bond donors (Lipinski definition) is 1. The summed E-state index contributed by atoms with van der Waals surface area (Å²) in [4.78, 5) is 60.4. The van der Waals surface area contributed by atoms with Crippen molar-refractivity contribution in [3.63, 3.8) is 0 Å². The fraction of sp³-hybridized carbons (Fsp3) is 0.164. The van der Waals surface area contributed by atoms with Crippen molar-refractivity contribution in [1.82, 2.24) is 24.1 Å². The van der Waals surface area contributed by atoms with Gasteiger partial charge in [-0.3, -0.25) is 19.7 Å². The first-order chi connectivity index (χ1) is 39.6. The van der Waals surface area contributed by atoms with Crippen LogP contribution in [-0.4, -0.2) is 57.5 Å². The summed E-state index contributed by atoms with van der Waals surface area (Å²) in [6, 6.07) is 46.5. The predicted octanol–water partition coefficient (Wildman–Crippen LogP) is 9.94. The van der Waals surface area contributed by atoms with Gasteiger partial charge in [0.1, 0.15) is 35.8 Å². The largest absolute Gasteiger partial charge is 3.00 e. The molecule has 0 amide bonds. The Bertz CT molecular complexity index is 4190. The number of carboxylic acid groups (broad SMARTS) is 2. The Hall–Kier alpha value is -10.3. The third-order valence-electron chi connectivity index (χ3n) is 13.1. The van der Waals surface area contributed by atoms with Gasteiger partial charge in [-0.05, 0) is 87.9 Å². The Kier molecular flexibility index (Phi) is 19.8. The molecular weight excluding hydrogens is 1100 g/mol. The zero-order chi connectivity index (χ0) is 58.6. The minimum Gasteiger partial charge on any atom is -0.871 e. The number of carbonyl (C=O) groups excluding carboxylic acids is 1. The van der Waals surface area contributed by atoms with E-state index in [0.29, 0.717) is 28.3 Å². The molecule has 1 radical (unpaired) electrons. The molecule has 0 saturated carbocycles. The number of fused-ring (bicyclic) bond motifs is 2. The third-order valence-corrected chi connectivity index (χ3v) is 13.1. The van der Waals surface area contributed by atoms with E-state index in [-0.39, 0.29) is 56.9 Å². The quantitative estimate of drug-likeness (QED) is 0.0329. The SMILES string of the molecule is CCN(CC)c1ccc2c(-c3ccccc3C(=O)O)c3ccc(=[N+](CC)CC)cc-3oc2c1.Cc1[n-]n(-c2ccccc2)c(=O)c1N=Nc1cc([N+](=O)[O-])ccc1[O-].Cc1[n-]n(-c2ccccc2)c(=O)c1N=Nc1ccccc1C(=O)[O-].[Cr+3]. The molecule has 0 spiro atoms. The summed E-state index contributed by atoms with van der Waals surface area (Å²) >= 11 is 0. The predicted molar refractivity (Wildman–Crippen MR) is 307 cm³/mol. The Balaban J connectivity index is 0.000000181. The number of aromatic nitrogens is 4. The Morgan fingerprint density at radius 1 is 0.639 bits per heavy atom. The molecular formula is C61H54CrN11O10. The smallest absolute Gasteiger partial charge is 0.871 e. The van der Waals surface area contributed by atoms with E-state index >= 15 is 0 Å². The maximum atomic E-state index is 12.4. The molecule has 0 fully saturated rings. The summed E-state index contributed by atoms with van der Waals surface area (Å²) in [5.74, 6) is -2.08. The molecule has 419 valence electrons. The van der Waals surface area contributed by atoms with Gasteiger partial charge in [0.15, 0.2) is 0 Å². The standard InChI is InChI=1S/C28H30N2O3.C17H14N4O3.C16H13N5O4.Cr/c1-5-29(6-2)19-13-15-23-25(17-19)33-26-18-20(30(7-3)8-4)14-16-24(26)27(23)21-11-9-10-12-22(21)28(31)32;1-11-15(16(22)21(20-11)12-7-3-2-4-8-12)19-18-14-10-6-5-9-13(14)17(23)24;1-10-15(16(23)20(19-10)11-5-3-2-4-6-11)18-17-13-9-12(21(24)25)7-8-14(13)22;/h9-18H,5-8H2,1-4H3;2-10H,1H3,(H2,18,20,22,23,24);2-9H,1H3,(H2,17,18,19,22,23);/q;;;+3/p-3. The number of carbonyl (C=O) groups is 2. The number of benzene rings is 7. The number of anilines is 1. The van der Waals surface area contributed by atoms with Crippen LogP contribution < -0.4 is 46.4 Å². The van der Waals surface area contributed by atoms with E-state index < -0.39 is 33.7 Å². The first kappa shape index (κ1) is 60.3. The van der Waals surface area contributed by atoms with E-state index in [1.807, 2.05) is 24.3 Å². The van der Waals surface area contributed by atoms with Crippen LogP contribution in [0.2, 0.25) is 0 Å². The van der Waals surface area contributed by atoms with Crippen molar-refractivity contribution in [2.24, 2.45) is 20.5 Å². The number of carboxylic acids is 2. The van der Waals surface area contributed by atoms with E-state index in [1.165, 1.54) is 21.5 Å². The van der Waals surface area contributed by atoms with E-state index in [1.54, 1.807) is 86.6 Å².